The fourth-order valence-corrected chi connectivity index (χ4v) is 9.50. The molecule has 12 nitrogen and oxygen atoms in total. The van der Waals surface area contributed by atoms with E-state index in [1.807, 2.05) is 26.0 Å². The van der Waals surface area contributed by atoms with Crippen molar-refractivity contribution in [3.05, 3.63) is 88.0 Å². The van der Waals surface area contributed by atoms with Gasteiger partial charge in [0.05, 0.1) is 41.2 Å². The second kappa shape index (κ2) is 16.7. The zero-order valence-corrected chi connectivity index (χ0v) is 33.4. The molecule has 1 aliphatic carbocycles. The Kier molecular flexibility index (Phi) is 11.4. The maximum atomic E-state index is 15.3. The van der Waals surface area contributed by atoms with Crippen molar-refractivity contribution in [2.24, 2.45) is 0 Å². The Labute approximate surface area is 339 Å². The number of carbonyl (C=O) groups is 2. The number of likely N-dealkylation sites (tertiary alicyclic amines) is 1. The molecule has 1 saturated carbocycles. The number of rotatable bonds is 10. The third kappa shape index (κ3) is 8.28. The first-order chi connectivity index (χ1) is 28.0. The molecular weight excluding hydrogens is 765 g/mol. The first kappa shape index (κ1) is 39.8. The average Bonchev–Trinajstić information content (AvgIpc) is 3.62. The van der Waals surface area contributed by atoms with Gasteiger partial charge in [0, 0.05) is 36.5 Å². The molecule has 2 atom stereocenters. The number of hydrogen-bond donors (Lipinski definition) is 3. The van der Waals surface area contributed by atoms with E-state index in [1.165, 1.54) is 30.1 Å². The lowest BCUT2D eigenvalue weighted by Gasteiger charge is -2.44. The van der Waals surface area contributed by atoms with Gasteiger partial charge in [-0.3, -0.25) is 24.3 Å². The van der Waals surface area contributed by atoms with Crippen molar-refractivity contribution >= 4 is 46.0 Å². The van der Waals surface area contributed by atoms with Gasteiger partial charge in [0.2, 0.25) is 11.8 Å². The van der Waals surface area contributed by atoms with Crippen LogP contribution in [0, 0.1) is 23.0 Å². The molecule has 3 N–H and O–H groups in total. The van der Waals surface area contributed by atoms with Crippen molar-refractivity contribution in [2.75, 3.05) is 29.7 Å². The normalized spacial score (nSPS) is 23.5. The van der Waals surface area contributed by atoms with Crippen LogP contribution < -0.4 is 25.7 Å². The summed E-state index contributed by atoms with van der Waals surface area (Å²) >= 11 is 1.40. The highest BCUT2D eigenvalue weighted by molar-refractivity contribution is 8.01. The van der Waals surface area contributed by atoms with Crippen LogP contribution in [0.5, 0.6) is 11.5 Å². The van der Waals surface area contributed by atoms with E-state index in [-0.39, 0.29) is 69.5 Å². The van der Waals surface area contributed by atoms with Crippen LogP contribution in [-0.4, -0.2) is 68.9 Å². The molecule has 304 valence electrons. The molecule has 1 spiro atoms. The largest absolute Gasteiger partial charge is 0.453 e. The lowest BCUT2D eigenvalue weighted by Crippen LogP contribution is -2.49. The summed E-state index contributed by atoms with van der Waals surface area (Å²) in [7, 11) is 0. The van der Waals surface area contributed by atoms with E-state index >= 15 is 8.78 Å². The van der Waals surface area contributed by atoms with Gasteiger partial charge in [-0.25, -0.2) is 13.8 Å². The minimum Gasteiger partial charge on any atom is -0.453 e. The minimum absolute atomic E-state index is 0.0320. The highest BCUT2D eigenvalue weighted by Gasteiger charge is 2.45. The number of fused-ring (bicyclic) bond motifs is 1. The Bertz CT molecular complexity index is 2320. The van der Waals surface area contributed by atoms with E-state index in [9.17, 15) is 19.6 Å². The van der Waals surface area contributed by atoms with Gasteiger partial charge in [0.25, 0.3) is 5.56 Å². The van der Waals surface area contributed by atoms with Crippen LogP contribution in [0.3, 0.4) is 0 Å². The van der Waals surface area contributed by atoms with Gasteiger partial charge in [0.15, 0.2) is 11.6 Å². The van der Waals surface area contributed by atoms with Crippen LogP contribution >= 0.6 is 11.9 Å². The number of aromatic nitrogens is 2. The zero-order chi connectivity index (χ0) is 40.6. The number of ether oxygens (including phenoxy) is 2. The zero-order valence-electron chi connectivity index (χ0n) is 32.6. The SMILES string of the molecule is CC(C)SNc1ccc(F)c(Oc2ccc3ncn(C4COC5(CCN(C6CCC(c7ccc(NC8CCC(=O)NC8=O)cc7F)CC6)CC5)C4)c(=O)c3c2)c1C#N. The smallest absolute Gasteiger partial charge is 0.261 e. The molecule has 15 heteroatoms. The third-order valence-electron chi connectivity index (χ3n) is 12.1. The maximum Gasteiger partial charge on any atom is 0.261 e. The van der Waals surface area contributed by atoms with Gasteiger partial charge in [-0.1, -0.05) is 19.9 Å². The Morgan fingerprint density at radius 2 is 1.79 bits per heavy atom. The summed E-state index contributed by atoms with van der Waals surface area (Å²) < 4.78 is 47.5. The van der Waals surface area contributed by atoms with Gasteiger partial charge in [-0.15, -0.1) is 0 Å². The van der Waals surface area contributed by atoms with Gasteiger partial charge in [-0.05, 0) is 117 Å². The summed E-state index contributed by atoms with van der Waals surface area (Å²) in [6.07, 6.45) is 8.34. The van der Waals surface area contributed by atoms with Crippen LogP contribution in [0.4, 0.5) is 20.2 Å². The molecule has 4 heterocycles. The van der Waals surface area contributed by atoms with Gasteiger partial charge in [0.1, 0.15) is 29.2 Å². The molecule has 2 amide bonds. The number of piperidine rings is 2. The fraction of sp³-hybridized carbons (Fsp3) is 0.465. The van der Waals surface area contributed by atoms with Crippen molar-refractivity contribution in [1.29, 1.82) is 5.26 Å². The molecule has 58 heavy (non-hydrogen) atoms. The van der Waals surface area contributed by atoms with Crippen LogP contribution in [0.2, 0.25) is 0 Å². The van der Waals surface area contributed by atoms with E-state index in [2.05, 4.69) is 31.3 Å². The molecule has 0 radical (unpaired) electrons. The van der Waals surface area contributed by atoms with Gasteiger partial charge in [-0.2, -0.15) is 5.26 Å². The number of anilines is 2. The van der Waals surface area contributed by atoms with Crippen LogP contribution in [-0.2, 0) is 14.3 Å². The molecule has 3 aromatic carbocycles. The summed E-state index contributed by atoms with van der Waals surface area (Å²) in [5.74, 6) is -1.50. The van der Waals surface area contributed by atoms with Crippen molar-refractivity contribution in [3.63, 3.8) is 0 Å². The topological polar surface area (TPSA) is 151 Å². The minimum atomic E-state index is -0.687. The number of hydrogen-bond acceptors (Lipinski definition) is 11. The number of nitrogens with one attached hydrogen (secondary N) is 3. The second-order valence-electron chi connectivity index (χ2n) is 16.2. The summed E-state index contributed by atoms with van der Waals surface area (Å²) in [4.78, 5) is 44.6. The van der Waals surface area contributed by atoms with Crippen molar-refractivity contribution in [1.82, 2.24) is 19.8 Å². The van der Waals surface area contributed by atoms with Gasteiger partial charge < -0.3 is 24.4 Å². The van der Waals surface area contributed by atoms with Crippen LogP contribution in [0.25, 0.3) is 10.9 Å². The Morgan fingerprint density at radius 1 is 1.00 bits per heavy atom. The lowest BCUT2D eigenvalue weighted by molar-refractivity contribution is -0.133. The highest BCUT2D eigenvalue weighted by Crippen LogP contribution is 2.43. The predicted molar refractivity (Wildman–Crippen MR) is 218 cm³/mol. The molecule has 3 saturated heterocycles. The molecule has 1 aromatic heterocycles. The number of imide groups is 1. The quantitative estimate of drug-likeness (QED) is 0.108. The number of carbonyl (C=O) groups excluding carboxylic acids is 2. The fourth-order valence-electron chi connectivity index (χ4n) is 8.97. The monoisotopic (exact) mass is 811 g/mol. The highest BCUT2D eigenvalue weighted by atomic mass is 32.2. The first-order valence-electron chi connectivity index (χ1n) is 20.1. The average molecular weight is 812 g/mol. The number of benzene rings is 3. The second-order valence-corrected chi connectivity index (χ2v) is 17.6. The van der Waals surface area contributed by atoms with Crippen LogP contribution in [0.1, 0.15) is 94.7 Å². The summed E-state index contributed by atoms with van der Waals surface area (Å²) in [5.41, 5.74) is 1.62. The van der Waals surface area contributed by atoms with E-state index < -0.39 is 11.9 Å². The van der Waals surface area contributed by atoms with Crippen molar-refractivity contribution in [3.8, 4) is 17.6 Å². The van der Waals surface area contributed by atoms with E-state index in [4.69, 9.17) is 9.47 Å². The number of amides is 2. The number of nitrogens with zero attached hydrogens (tertiary/aromatic N) is 4. The molecule has 4 aliphatic rings. The summed E-state index contributed by atoms with van der Waals surface area (Å²) in [6.45, 7) is 6.16. The Balaban J connectivity index is 0.867. The summed E-state index contributed by atoms with van der Waals surface area (Å²) in [6, 6.07) is 14.4. The van der Waals surface area contributed by atoms with E-state index in [0.29, 0.717) is 53.3 Å². The van der Waals surface area contributed by atoms with Crippen molar-refractivity contribution < 1.29 is 27.8 Å². The molecule has 4 aromatic rings. The van der Waals surface area contributed by atoms with Crippen LogP contribution in [0.15, 0.2) is 59.7 Å². The third-order valence-corrected chi connectivity index (χ3v) is 12.9. The number of nitriles is 1. The Morgan fingerprint density at radius 3 is 2.52 bits per heavy atom. The molecule has 4 fully saturated rings. The molecule has 0 bridgehead atoms. The molecular formula is C43H47F2N7O5S. The maximum absolute atomic E-state index is 15.3. The standard InChI is InChI=1S/C43H47F2N7O5S/c1-25(2)58-50-37-12-10-34(44)40(33(37)22-46)57-30-8-11-36-32(20-30)42(55)52(24-47-36)29-21-43(56-23-29)15-17-51(18-16-43)28-6-3-26(4-7-28)31-9-5-27(19-35(31)45)48-38-13-14-39(53)49-41(38)54/h5,8-12,19-20,24-26,28-29,38,48,50H,3-4,6-7,13-18,21,23H2,1-2H3,(H,49,53,54). The molecule has 8 rings (SSSR count). The number of halogens is 2. The molecule has 2 unspecified atom stereocenters. The Hall–Kier alpha value is -5.04. The van der Waals surface area contributed by atoms with E-state index in [1.54, 1.807) is 29.1 Å². The van der Waals surface area contributed by atoms with Gasteiger partial charge >= 0.3 is 0 Å². The first-order valence-corrected chi connectivity index (χ1v) is 21.0. The van der Waals surface area contributed by atoms with E-state index in [0.717, 1.165) is 51.6 Å². The molecule has 3 aliphatic heterocycles. The predicted octanol–water partition coefficient (Wildman–Crippen LogP) is 7.55. The van der Waals surface area contributed by atoms with Crippen molar-refractivity contribution in [2.45, 2.75) is 107 Å². The summed E-state index contributed by atoms with van der Waals surface area (Å²) in [5, 5.41) is 15.8. The lowest BCUT2D eigenvalue weighted by atomic mass is 9.79.